The van der Waals surface area contributed by atoms with Crippen LogP contribution in [0.2, 0.25) is 5.02 Å². The molecule has 42 heavy (non-hydrogen) atoms. The van der Waals surface area contributed by atoms with Crippen LogP contribution < -0.4 is 19.1 Å². The summed E-state index contributed by atoms with van der Waals surface area (Å²) in [5.41, 5.74) is 0.808. The number of anilines is 1. The summed E-state index contributed by atoms with van der Waals surface area (Å²) >= 11 is 6.45. The summed E-state index contributed by atoms with van der Waals surface area (Å²) in [5, 5.41) is 3.39. The Labute approximate surface area is 253 Å². The predicted octanol–water partition coefficient (Wildman–Crippen LogP) is 5.27. The number of nitrogens with zero attached hydrogens (tertiary/aromatic N) is 2. The first-order valence-corrected chi connectivity index (χ1v) is 15.5. The topological polar surface area (TPSA) is 105 Å². The molecule has 0 spiro atoms. The van der Waals surface area contributed by atoms with Gasteiger partial charge in [0.25, 0.3) is 10.0 Å². The largest absolute Gasteiger partial charge is 0.497 e. The summed E-state index contributed by atoms with van der Waals surface area (Å²) in [5.74, 6) is -0.155. The van der Waals surface area contributed by atoms with E-state index in [-0.39, 0.29) is 34.8 Å². The van der Waals surface area contributed by atoms with Crippen molar-refractivity contribution in [3.8, 4) is 11.5 Å². The summed E-state index contributed by atoms with van der Waals surface area (Å²) < 4.78 is 39.8. The van der Waals surface area contributed by atoms with Crippen molar-refractivity contribution in [1.29, 1.82) is 0 Å². The van der Waals surface area contributed by atoms with Crippen LogP contribution in [-0.4, -0.2) is 58.0 Å². The predicted molar refractivity (Wildman–Crippen MR) is 164 cm³/mol. The van der Waals surface area contributed by atoms with Gasteiger partial charge >= 0.3 is 0 Å². The molecule has 2 atom stereocenters. The number of amides is 2. The Kier molecular flexibility index (Phi) is 11.6. The Balaban J connectivity index is 2.11. The zero-order valence-electron chi connectivity index (χ0n) is 24.5. The van der Waals surface area contributed by atoms with Gasteiger partial charge in [-0.2, -0.15) is 0 Å². The van der Waals surface area contributed by atoms with E-state index >= 15 is 0 Å². The number of hydrogen-bond acceptors (Lipinski definition) is 6. The molecule has 0 aliphatic carbocycles. The molecule has 11 heteroatoms. The first-order valence-electron chi connectivity index (χ1n) is 13.7. The van der Waals surface area contributed by atoms with Crippen LogP contribution in [0.5, 0.6) is 11.5 Å². The van der Waals surface area contributed by atoms with Crippen LogP contribution in [-0.2, 0) is 26.2 Å². The third-order valence-electron chi connectivity index (χ3n) is 6.97. The van der Waals surface area contributed by atoms with E-state index in [9.17, 15) is 18.0 Å². The van der Waals surface area contributed by atoms with E-state index in [2.05, 4.69) is 5.32 Å². The van der Waals surface area contributed by atoms with Crippen molar-refractivity contribution in [3.05, 3.63) is 83.4 Å². The molecular formula is C31H38ClN3O6S. The Hall–Kier alpha value is -3.76. The number of sulfonamides is 1. The van der Waals surface area contributed by atoms with Crippen molar-refractivity contribution in [3.63, 3.8) is 0 Å². The fraction of sp³-hybridized carbons (Fsp3) is 0.355. The summed E-state index contributed by atoms with van der Waals surface area (Å²) in [4.78, 5) is 29.0. The fourth-order valence-corrected chi connectivity index (χ4v) is 6.01. The van der Waals surface area contributed by atoms with E-state index in [0.29, 0.717) is 29.2 Å². The zero-order chi connectivity index (χ0) is 30.9. The van der Waals surface area contributed by atoms with Gasteiger partial charge in [-0.25, -0.2) is 8.42 Å². The highest BCUT2D eigenvalue weighted by Crippen LogP contribution is 2.33. The van der Waals surface area contributed by atoms with Gasteiger partial charge in [0.15, 0.2) is 0 Å². The van der Waals surface area contributed by atoms with E-state index in [1.54, 1.807) is 55.5 Å². The lowest BCUT2D eigenvalue weighted by molar-refractivity contribution is -0.140. The molecule has 0 aliphatic rings. The molecule has 0 heterocycles. The smallest absolute Gasteiger partial charge is 0.264 e. The minimum atomic E-state index is -4.27. The van der Waals surface area contributed by atoms with Crippen LogP contribution in [0.25, 0.3) is 0 Å². The summed E-state index contributed by atoms with van der Waals surface area (Å²) in [6, 6.07) is 18.5. The van der Waals surface area contributed by atoms with Gasteiger partial charge in [-0.3, -0.25) is 13.9 Å². The summed E-state index contributed by atoms with van der Waals surface area (Å²) in [7, 11) is -1.36. The molecule has 0 radical (unpaired) electrons. The second kappa shape index (κ2) is 14.9. The Bertz CT molecular complexity index is 1470. The van der Waals surface area contributed by atoms with Gasteiger partial charge in [0.05, 0.1) is 24.8 Å². The van der Waals surface area contributed by atoms with Gasteiger partial charge in [-0.1, -0.05) is 55.8 Å². The maximum Gasteiger partial charge on any atom is 0.264 e. The van der Waals surface area contributed by atoms with Crippen molar-refractivity contribution in [2.24, 2.45) is 0 Å². The molecule has 0 aliphatic heterocycles. The second-order valence-corrected chi connectivity index (χ2v) is 12.0. The molecule has 0 bridgehead atoms. The number of ether oxygens (including phenoxy) is 2. The monoisotopic (exact) mass is 615 g/mol. The highest BCUT2D eigenvalue weighted by molar-refractivity contribution is 7.92. The number of nitrogens with one attached hydrogen (secondary N) is 1. The first-order chi connectivity index (χ1) is 20.1. The third-order valence-corrected chi connectivity index (χ3v) is 9.11. The first kappa shape index (κ1) is 32.8. The van der Waals surface area contributed by atoms with Crippen LogP contribution >= 0.6 is 11.6 Å². The highest BCUT2D eigenvalue weighted by Gasteiger charge is 2.35. The number of hydrogen-bond donors (Lipinski definition) is 1. The minimum absolute atomic E-state index is 0.00723. The number of halogens is 1. The molecule has 3 rings (SSSR count). The van der Waals surface area contributed by atoms with Crippen molar-refractivity contribution in [2.75, 3.05) is 25.1 Å². The lowest BCUT2D eigenvalue weighted by Gasteiger charge is -2.34. The van der Waals surface area contributed by atoms with Crippen molar-refractivity contribution in [1.82, 2.24) is 10.2 Å². The molecule has 0 saturated carbocycles. The molecule has 0 saturated heterocycles. The number of benzene rings is 3. The van der Waals surface area contributed by atoms with Crippen molar-refractivity contribution in [2.45, 2.75) is 57.1 Å². The number of carbonyl (C=O) groups excluding carboxylic acids is 2. The number of rotatable bonds is 14. The van der Waals surface area contributed by atoms with Gasteiger partial charge in [0.2, 0.25) is 11.8 Å². The molecule has 1 N–H and O–H groups in total. The van der Waals surface area contributed by atoms with Crippen LogP contribution in [0.15, 0.2) is 77.7 Å². The van der Waals surface area contributed by atoms with Gasteiger partial charge in [0, 0.05) is 17.6 Å². The van der Waals surface area contributed by atoms with E-state index in [1.807, 2.05) is 13.8 Å². The van der Waals surface area contributed by atoms with Gasteiger partial charge < -0.3 is 19.7 Å². The lowest BCUT2D eigenvalue weighted by Crippen LogP contribution is -2.53. The van der Waals surface area contributed by atoms with E-state index in [4.69, 9.17) is 21.1 Å². The molecule has 3 aromatic rings. The molecule has 2 unspecified atom stereocenters. The van der Waals surface area contributed by atoms with Gasteiger partial charge in [-0.15, -0.1) is 0 Å². The molecule has 226 valence electrons. The lowest BCUT2D eigenvalue weighted by atomic mass is 10.1. The standard InChI is InChI=1S/C31H38ClN3O6S/c1-6-22(3)33-31(37)27(7-2)34(20-23-12-8-9-13-26(23)32)30(36)21-35(28-14-10-11-15-29(28)41-5)42(38,39)25-18-16-24(40-4)17-19-25/h8-19,22,27H,6-7,20-21H2,1-5H3,(H,33,37). The van der Waals surface area contributed by atoms with Crippen LogP contribution in [0.1, 0.15) is 39.2 Å². The van der Waals surface area contributed by atoms with Crippen molar-refractivity contribution < 1.29 is 27.5 Å². The van der Waals surface area contributed by atoms with Crippen LogP contribution in [0, 0.1) is 0 Å². The highest BCUT2D eigenvalue weighted by atomic mass is 35.5. The Morgan fingerprint density at radius 3 is 2.14 bits per heavy atom. The Morgan fingerprint density at radius 1 is 0.905 bits per heavy atom. The fourth-order valence-electron chi connectivity index (χ4n) is 4.39. The van der Waals surface area contributed by atoms with Gasteiger partial charge in [0.1, 0.15) is 24.1 Å². The number of methoxy groups -OCH3 is 2. The molecule has 3 aromatic carbocycles. The molecule has 2 amide bonds. The second-order valence-electron chi connectivity index (χ2n) is 9.71. The van der Waals surface area contributed by atoms with Crippen LogP contribution in [0.4, 0.5) is 5.69 Å². The summed E-state index contributed by atoms with van der Waals surface area (Å²) in [6.45, 7) is 5.06. The van der Waals surface area contributed by atoms with E-state index < -0.39 is 28.5 Å². The van der Waals surface area contributed by atoms with Gasteiger partial charge in [-0.05, 0) is 67.8 Å². The zero-order valence-corrected chi connectivity index (χ0v) is 26.1. The normalized spacial score (nSPS) is 12.6. The quantitative estimate of drug-likeness (QED) is 0.265. The average Bonchev–Trinajstić information content (AvgIpc) is 3.00. The van der Waals surface area contributed by atoms with Crippen LogP contribution in [0.3, 0.4) is 0 Å². The minimum Gasteiger partial charge on any atom is -0.497 e. The number of carbonyl (C=O) groups is 2. The van der Waals surface area contributed by atoms with E-state index in [0.717, 1.165) is 4.31 Å². The molecular weight excluding hydrogens is 578 g/mol. The molecule has 0 fully saturated rings. The maximum absolute atomic E-state index is 14.2. The molecule has 0 aromatic heterocycles. The Morgan fingerprint density at radius 2 is 1.55 bits per heavy atom. The third kappa shape index (κ3) is 7.74. The molecule has 9 nitrogen and oxygen atoms in total. The van der Waals surface area contributed by atoms with Crippen molar-refractivity contribution >= 4 is 39.1 Å². The van der Waals surface area contributed by atoms with E-state index in [1.165, 1.54) is 43.4 Å². The SMILES string of the molecule is CCC(C)NC(=O)C(CC)N(Cc1ccccc1Cl)C(=O)CN(c1ccccc1OC)S(=O)(=O)c1ccc(OC)cc1. The average molecular weight is 616 g/mol. The summed E-state index contributed by atoms with van der Waals surface area (Å²) in [6.07, 6.45) is 1.01. The maximum atomic E-state index is 14.2. The number of para-hydroxylation sites is 2.